The number of hydrogen-bond donors (Lipinski definition) is 1. The molecule has 2 saturated heterocycles. The van der Waals surface area contributed by atoms with Crippen LogP contribution in [0.4, 0.5) is 4.79 Å². The van der Waals surface area contributed by atoms with Crippen molar-refractivity contribution in [3.63, 3.8) is 0 Å². The maximum absolute atomic E-state index is 12.2. The van der Waals surface area contributed by atoms with Crippen molar-refractivity contribution in [2.24, 2.45) is 5.73 Å². The maximum atomic E-state index is 12.2. The molecule has 1 aromatic rings. The molecule has 1 aromatic heterocycles. The monoisotopic (exact) mass is 335 g/mol. The van der Waals surface area contributed by atoms with E-state index in [4.69, 9.17) is 5.73 Å². The Bertz CT molecular complexity index is 667. The summed E-state index contributed by atoms with van der Waals surface area (Å²) >= 11 is 1.31. The molecule has 2 aliphatic rings. The van der Waals surface area contributed by atoms with E-state index in [0.29, 0.717) is 27.9 Å². The number of aromatic nitrogens is 2. The standard InChI is InChI=1S/C9H13N5O5S2/c10-3-7-11-12-8(20-7)6-2-1-5-4-13(6)9(15)14(5)19-21(16,17)18/h5-6H,1-4,10H2,(H,16,17,18)/t5-,6+/m1/s1. The molecule has 2 atom stereocenters. The second-order valence-corrected chi connectivity index (χ2v) is 6.79. The van der Waals surface area contributed by atoms with E-state index in [1.807, 2.05) is 0 Å². The lowest BCUT2D eigenvalue weighted by molar-refractivity contribution is -0.0327. The van der Waals surface area contributed by atoms with Gasteiger partial charge >= 0.3 is 7.46 Å². The Kier molecular flexibility index (Phi) is 3.57. The molecule has 12 heteroatoms. The Balaban J connectivity index is 0.00000176. The first-order valence-electron chi connectivity index (χ1n) is 6.16. The molecule has 116 valence electrons. The van der Waals surface area contributed by atoms with Gasteiger partial charge in [-0.25, -0.2) is 13.2 Å². The first kappa shape index (κ1) is 14.6. The lowest BCUT2D eigenvalue weighted by Crippen LogP contribution is -2.35. The lowest BCUT2D eigenvalue weighted by Gasteiger charge is -2.28. The third kappa shape index (κ3) is 2.72. The van der Waals surface area contributed by atoms with Crippen LogP contribution < -0.4 is 5.73 Å². The summed E-state index contributed by atoms with van der Waals surface area (Å²) in [6.45, 7) is 0.557. The van der Waals surface area contributed by atoms with Crippen LogP contribution in [-0.2, 0) is 21.2 Å². The fraction of sp³-hybridized carbons (Fsp3) is 0.667. The zero-order valence-electron chi connectivity index (χ0n) is 11.7. The van der Waals surface area contributed by atoms with Crippen molar-refractivity contribution in [1.29, 1.82) is 0 Å². The number of amides is 2. The number of carbonyl (C=O) groups is 1. The highest BCUT2D eigenvalue weighted by Gasteiger charge is 2.47. The van der Waals surface area contributed by atoms with Crippen molar-refractivity contribution >= 4 is 27.8 Å². The smallest absolute Gasteiger partial charge is 0.724 e. The zero-order valence-corrected chi connectivity index (χ0v) is 12.3. The Morgan fingerprint density at radius 3 is 2.86 bits per heavy atom. The van der Waals surface area contributed by atoms with Crippen LogP contribution in [0.25, 0.3) is 0 Å². The molecule has 0 spiro atoms. The van der Waals surface area contributed by atoms with Crippen LogP contribution in [-0.4, -0.2) is 51.7 Å². The van der Waals surface area contributed by atoms with Gasteiger partial charge in [-0.15, -0.1) is 10.2 Å². The first-order chi connectivity index (χ1) is 9.89. The van der Waals surface area contributed by atoms with E-state index >= 15 is 0 Å². The summed E-state index contributed by atoms with van der Waals surface area (Å²) in [6, 6.07) is -1.39. The lowest BCUT2D eigenvalue weighted by atomic mass is 10.0. The van der Waals surface area contributed by atoms with Crippen LogP contribution >= 0.6 is 11.3 Å². The topological polar surface area (TPSA) is 142 Å². The van der Waals surface area contributed by atoms with Crippen LogP contribution in [0.5, 0.6) is 0 Å². The highest BCUT2D eigenvalue weighted by Crippen LogP contribution is 2.39. The highest BCUT2D eigenvalue weighted by molar-refractivity contribution is 7.80. The van der Waals surface area contributed by atoms with Crippen molar-refractivity contribution in [3.05, 3.63) is 10.0 Å². The molecule has 2 amide bonds. The van der Waals surface area contributed by atoms with E-state index in [9.17, 15) is 17.8 Å². The molecule has 3 rings (SSSR count). The van der Waals surface area contributed by atoms with E-state index in [0.717, 1.165) is 0 Å². The van der Waals surface area contributed by atoms with E-state index in [1.165, 1.54) is 16.2 Å². The van der Waals surface area contributed by atoms with Crippen molar-refractivity contribution in [2.45, 2.75) is 31.5 Å². The van der Waals surface area contributed by atoms with Gasteiger partial charge in [0.05, 0.1) is 12.1 Å². The summed E-state index contributed by atoms with van der Waals surface area (Å²) in [4.78, 5) is 13.6. The quantitative estimate of drug-likeness (QED) is 0.570. The van der Waals surface area contributed by atoms with E-state index < -0.39 is 22.5 Å². The maximum Gasteiger partial charge on any atom is 1.00 e. The average molecular weight is 335 g/mol. The summed E-state index contributed by atoms with van der Waals surface area (Å²) in [5.41, 5.74) is 5.48. The van der Waals surface area contributed by atoms with E-state index in [2.05, 4.69) is 14.5 Å². The van der Waals surface area contributed by atoms with Crippen molar-refractivity contribution in [3.8, 4) is 0 Å². The van der Waals surface area contributed by atoms with Crippen molar-refractivity contribution < 1.29 is 23.5 Å². The highest BCUT2D eigenvalue weighted by atomic mass is 32.3. The molecular formula is C9H13N5O5S2. The fourth-order valence-electron chi connectivity index (χ4n) is 2.57. The Morgan fingerprint density at radius 2 is 2.24 bits per heavy atom. The summed E-state index contributed by atoms with van der Waals surface area (Å²) < 4.78 is 36.3. The minimum atomic E-state index is -4.97. The fourth-order valence-corrected chi connectivity index (χ4v) is 3.82. The van der Waals surface area contributed by atoms with Gasteiger partial charge in [0.1, 0.15) is 10.0 Å². The second kappa shape index (κ2) is 5.14. The predicted molar refractivity (Wildman–Crippen MR) is 69.4 cm³/mol. The van der Waals surface area contributed by atoms with Crippen LogP contribution in [0.2, 0.25) is 0 Å². The normalized spacial score (nSPS) is 25.7. The molecule has 0 unspecified atom stereocenters. The minimum Gasteiger partial charge on any atom is -0.724 e. The summed E-state index contributed by atoms with van der Waals surface area (Å²) in [7, 11) is -4.97. The molecule has 0 radical (unpaired) electrons. The van der Waals surface area contributed by atoms with Gasteiger partial charge in [-0.05, 0) is 12.8 Å². The number of nitrogens with two attached hydrogens (primary N) is 1. The van der Waals surface area contributed by atoms with E-state index in [1.54, 1.807) is 0 Å². The van der Waals surface area contributed by atoms with E-state index in [-0.39, 0.29) is 20.6 Å². The Morgan fingerprint density at radius 1 is 1.48 bits per heavy atom. The van der Waals surface area contributed by atoms with Crippen LogP contribution in [0.1, 0.15) is 30.3 Å². The molecule has 0 aliphatic carbocycles. The molecule has 21 heavy (non-hydrogen) atoms. The number of carbonyl (C=O) groups excluding carboxylic acids is 1. The van der Waals surface area contributed by atoms with Gasteiger partial charge < -0.3 is 15.2 Å². The molecule has 0 saturated carbocycles. The Labute approximate surface area is 125 Å². The van der Waals surface area contributed by atoms with Gasteiger partial charge in [-0.2, -0.15) is 9.35 Å². The SMILES string of the molecule is NCc1nnc([C@@H]2CC[C@@H]3CN2C(=O)N3OS(=O)(=O)[O-])s1.[H+]. The number of piperidine rings is 1. The van der Waals surface area contributed by atoms with Gasteiger partial charge in [0.25, 0.3) is 0 Å². The van der Waals surface area contributed by atoms with Gasteiger partial charge in [-0.3, -0.25) is 0 Å². The average Bonchev–Trinajstić information content (AvgIpc) is 2.98. The Hall–Kier alpha value is -1.34. The van der Waals surface area contributed by atoms with Crippen LogP contribution in [0.3, 0.4) is 0 Å². The van der Waals surface area contributed by atoms with Gasteiger partial charge in [0.2, 0.25) is 10.4 Å². The second-order valence-electron chi connectivity index (χ2n) is 4.73. The molecule has 2 fully saturated rings. The predicted octanol–water partition coefficient (Wildman–Crippen LogP) is -0.558. The largest absolute Gasteiger partial charge is 1.00 e. The van der Waals surface area contributed by atoms with Gasteiger partial charge in [0, 0.05) is 13.1 Å². The number of fused-ring (bicyclic) bond motifs is 2. The third-order valence-corrected chi connectivity index (χ3v) is 4.83. The van der Waals surface area contributed by atoms with Crippen LogP contribution in [0.15, 0.2) is 0 Å². The number of hydroxylamine groups is 2. The minimum absolute atomic E-state index is 0. The molecule has 2 bridgehead atoms. The molecular weight excluding hydrogens is 322 g/mol. The third-order valence-electron chi connectivity index (χ3n) is 3.44. The summed E-state index contributed by atoms with van der Waals surface area (Å²) in [5.74, 6) is 0. The summed E-state index contributed by atoms with van der Waals surface area (Å²) in [5, 5.41) is 9.88. The van der Waals surface area contributed by atoms with Gasteiger partial charge in [0.15, 0.2) is 0 Å². The first-order valence-corrected chi connectivity index (χ1v) is 8.31. The summed E-state index contributed by atoms with van der Waals surface area (Å²) in [6.07, 6.45) is 1.11. The van der Waals surface area contributed by atoms with Crippen molar-refractivity contribution in [1.82, 2.24) is 20.2 Å². The molecule has 2 N–H and O–H groups in total. The molecule has 0 aromatic carbocycles. The number of nitrogens with zero attached hydrogens (tertiary/aromatic N) is 4. The molecule has 2 aliphatic heterocycles. The number of urea groups is 1. The number of rotatable bonds is 4. The molecule has 10 nitrogen and oxygen atoms in total. The van der Waals surface area contributed by atoms with Crippen LogP contribution in [0, 0.1) is 0 Å². The molecule has 3 heterocycles. The number of hydrogen-bond acceptors (Lipinski definition) is 9. The zero-order chi connectivity index (χ0) is 15.2. The van der Waals surface area contributed by atoms with Crippen molar-refractivity contribution in [2.75, 3.05) is 6.54 Å². The van der Waals surface area contributed by atoms with Gasteiger partial charge in [-0.1, -0.05) is 11.3 Å².